The van der Waals surface area contributed by atoms with Gasteiger partial charge in [-0.2, -0.15) is 0 Å². The predicted octanol–water partition coefficient (Wildman–Crippen LogP) is 4.82. The quantitative estimate of drug-likeness (QED) is 0.597. The van der Waals surface area contributed by atoms with Crippen molar-refractivity contribution in [1.82, 2.24) is 4.98 Å². The topological polar surface area (TPSA) is 28.5 Å². The number of pyridine rings is 1. The fourth-order valence-corrected chi connectivity index (χ4v) is 3.35. The van der Waals surface area contributed by atoms with E-state index in [0.717, 1.165) is 39.4 Å². The standard InChI is InChI=1S/C17H17BrFN3S/c18-13-4-5-15(16(23)8-13)20-9-12-3-6-17(21-10-12)22-7-1-2-14(19)11-22/h3-6,8-10,14,23H,1-2,7,11H2/t14-/m0/s1. The summed E-state index contributed by atoms with van der Waals surface area (Å²) in [5.41, 5.74) is 1.70. The summed E-state index contributed by atoms with van der Waals surface area (Å²) in [6.45, 7) is 1.30. The lowest BCUT2D eigenvalue weighted by Gasteiger charge is -2.29. The van der Waals surface area contributed by atoms with Crippen LogP contribution in [0, 0.1) is 0 Å². The average Bonchev–Trinajstić information content (AvgIpc) is 2.54. The minimum atomic E-state index is -0.752. The van der Waals surface area contributed by atoms with Crippen molar-refractivity contribution in [3.8, 4) is 0 Å². The Labute approximate surface area is 149 Å². The van der Waals surface area contributed by atoms with Crippen LogP contribution in [0.25, 0.3) is 0 Å². The number of hydrogen-bond acceptors (Lipinski definition) is 4. The van der Waals surface area contributed by atoms with Gasteiger partial charge in [-0.1, -0.05) is 15.9 Å². The van der Waals surface area contributed by atoms with Gasteiger partial charge in [0.1, 0.15) is 12.0 Å². The number of halogens is 2. The molecule has 1 aliphatic heterocycles. The van der Waals surface area contributed by atoms with Crippen LogP contribution in [0.4, 0.5) is 15.9 Å². The van der Waals surface area contributed by atoms with E-state index < -0.39 is 6.17 Å². The van der Waals surface area contributed by atoms with Gasteiger partial charge in [0.15, 0.2) is 0 Å². The molecular formula is C17H17BrFN3S. The maximum atomic E-state index is 13.5. The van der Waals surface area contributed by atoms with E-state index in [1.807, 2.05) is 35.2 Å². The highest BCUT2D eigenvalue weighted by Crippen LogP contribution is 2.26. The number of benzene rings is 1. The molecule has 0 N–H and O–H groups in total. The number of rotatable bonds is 3. The fraction of sp³-hybridized carbons (Fsp3) is 0.294. The molecule has 1 atom stereocenters. The molecule has 6 heteroatoms. The molecule has 0 spiro atoms. The molecule has 2 aromatic rings. The Morgan fingerprint density at radius 2 is 2.22 bits per heavy atom. The van der Waals surface area contributed by atoms with Crippen LogP contribution in [0.15, 0.2) is 50.9 Å². The molecule has 0 radical (unpaired) electrons. The lowest BCUT2D eigenvalue weighted by atomic mass is 10.1. The number of aliphatic imine (C=N–C) groups is 1. The van der Waals surface area contributed by atoms with Gasteiger partial charge in [-0.05, 0) is 43.2 Å². The van der Waals surface area contributed by atoms with Gasteiger partial charge >= 0.3 is 0 Å². The molecule has 1 aliphatic rings. The van der Waals surface area contributed by atoms with Crippen LogP contribution >= 0.6 is 28.6 Å². The summed E-state index contributed by atoms with van der Waals surface area (Å²) in [5.74, 6) is 0.822. The molecule has 1 aromatic heterocycles. The Bertz CT molecular complexity index is 705. The third-order valence-electron chi connectivity index (χ3n) is 3.75. The smallest absolute Gasteiger partial charge is 0.128 e. The van der Waals surface area contributed by atoms with Crippen molar-refractivity contribution in [2.45, 2.75) is 23.9 Å². The predicted molar refractivity (Wildman–Crippen MR) is 99.2 cm³/mol. The molecule has 1 aromatic carbocycles. The molecule has 0 bridgehead atoms. The highest BCUT2D eigenvalue weighted by molar-refractivity contribution is 9.10. The van der Waals surface area contributed by atoms with Crippen molar-refractivity contribution in [3.05, 3.63) is 46.6 Å². The molecular weight excluding hydrogens is 377 g/mol. The monoisotopic (exact) mass is 393 g/mol. The Morgan fingerprint density at radius 3 is 2.91 bits per heavy atom. The van der Waals surface area contributed by atoms with Gasteiger partial charge in [-0.15, -0.1) is 12.6 Å². The van der Waals surface area contributed by atoms with Crippen LogP contribution in [0.1, 0.15) is 18.4 Å². The highest BCUT2D eigenvalue weighted by atomic mass is 79.9. The number of anilines is 1. The summed E-state index contributed by atoms with van der Waals surface area (Å²) in [6.07, 6.45) is 4.30. The van der Waals surface area contributed by atoms with Gasteiger partial charge in [0.2, 0.25) is 0 Å². The molecule has 3 nitrogen and oxygen atoms in total. The first-order chi connectivity index (χ1) is 11.1. The Kier molecular flexibility index (Phi) is 5.33. The summed E-state index contributed by atoms with van der Waals surface area (Å²) in [4.78, 5) is 11.7. The van der Waals surface area contributed by atoms with Gasteiger partial charge in [0.05, 0.1) is 12.2 Å². The highest BCUT2D eigenvalue weighted by Gasteiger charge is 2.19. The molecule has 1 fully saturated rings. The summed E-state index contributed by atoms with van der Waals surface area (Å²) >= 11 is 7.81. The lowest BCUT2D eigenvalue weighted by Crippen LogP contribution is -2.36. The molecule has 0 aliphatic carbocycles. The third-order valence-corrected chi connectivity index (χ3v) is 4.60. The van der Waals surface area contributed by atoms with Crippen molar-refractivity contribution in [2.24, 2.45) is 4.99 Å². The van der Waals surface area contributed by atoms with Crippen molar-refractivity contribution < 1.29 is 4.39 Å². The second-order valence-electron chi connectivity index (χ2n) is 5.53. The number of alkyl halides is 1. The summed E-state index contributed by atoms with van der Waals surface area (Å²) in [5, 5.41) is 0. The van der Waals surface area contributed by atoms with Gasteiger partial charge in [-0.25, -0.2) is 9.37 Å². The first kappa shape index (κ1) is 16.5. The second kappa shape index (κ2) is 7.45. The molecule has 2 heterocycles. The van der Waals surface area contributed by atoms with Crippen molar-refractivity contribution in [2.75, 3.05) is 18.0 Å². The number of piperidine rings is 1. The Hall–Kier alpha value is -1.40. The van der Waals surface area contributed by atoms with Gasteiger partial charge < -0.3 is 4.90 Å². The molecule has 23 heavy (non-hydrogen) atoms. The maximum Gasteiger partial charge on any atom is 0.128 e. The lowest BCUT2D eigenvalue weighted by molar-refractivity contribution is 0.286. The van der Waals surface area contributed by atoms with Crippen LogP contribution in [0.5, 0.6) is 0 Å². The average molecular weight is 394 g/mol. The molecule has 3 rings (SSSR count). The van der Waals surface area contributed by atoms with E-state index in [1.165, 1.54) is 0 Å². The molecule has 1 saturated heterocycles. The van der Waals surface area contributed by atoms with E-state index in [1.54, 1.807) is 12.4 Å². The van der Waals surface area contributed by atoms with Crippen molar-refractivity contribution >= 4 is 46.3 Å². The zero-order valence-electron chi connectivity index (χ0n) is 12.5. The van der Waals surface area contributed by atoms with E-state index in [4.69, 9.17) is 0 Å². The molecule has 0 amide bonds. The molecule has 120 valence electrons. The number of thiol groups is 1. The second-order valence-corrected chi connectivity index (χ2v) is 6.92. The first-order valence-electron chi connectivity index (χ1n) is 7.49. The van der Waals surface area contributed by atoms with Crippen LogP contribution in [0.2, 0.25) is 0 Å². The first-order valence-corrected chi connectivity index (χ1v) is 8.73. The zero-order valence-corrected chi connectivity index (χ0v) is 15.0. The largest absolute Gasteiger partial charge is 0.354 e. The van der Waals surface area contributed by atoms with E-state index in [9.17, 15) is 4.39 Å². The third kappa shape index (κ3) is 4.32. The minimum absolute atomic E-state index is 0.433. The summed E-state index contributed by atoms with van der Waals surface area (Å²) in [7, 11) is 0. The van der Waals surface area contributed by atoms with Gasteiger partial charge in [0.25, 0.3) is 0 Å². The Balaban J connectivity index is 1.70. The van der Waals surface area contributed by atoms with Gasteiger partial charge in [-0.3, -0.25) is 4.99 Å². The van der Waals surface area contributed by atoms with Crippen molar-refractivity contribution in [1.29, 1.82) is 0 Å². The summed E-state index contributed by atoms with van der Waals surface area (Å²) < 4.78 is 14.4. The molecule has 0 saturated carbocycles. The minimum Gasteiger partial charge on any atom is -0.354 e. The van der Waals surface area contributed by atoms with E-state index in [2.05, 4.69) is 38.5 Å². The normalized spacial score (nSPS) is 18.6. The SMILES string of the molecule is F[C@H]1CCCN(c2ccc(C=Nc3ccc(Br)cc3S)cn2)C1. The number of nitrogens with zero attached hydrogens (tertiary/aromatic N) is 3. The fourth-order valence-electron chi connectivity index (χ4n) is 2.54. The number of hydrogen-bond donors (Lipinski definition) is 1. The van der Waals surface area contributed by atoms with Gasteiger partial charge in [0, 0.05) is 33.9 Å². The Morgan fingerprint density at radius 1 is 1.35 bits per heavy atom. The van der Waals surface area contributed by atoms with Crippen LogP contribution in [-0.4, -0.2) is 30.5 Å². The van der Waals surface area contributed by atoms with E-state index in [0.29, 0.717) is 13.0 Å². The van der Waals surface area contributed by atoms with Crippen LogP contribution in [0.3, 0.4) is 0 Å². The summed E-state index contributed by atoms with van der Waals surface area (Å²) in [6, 6.07) is 9.60. The zero-order chi connectivity index (χ0) is 16.2. The molecule has 0 unspecified atom stereocenters. The van der Waals surface area contributed by atoms with Crippen LogP contribution < -0.4 is 4.90 Å². The maximum absolute atomic E-state index is 13.5. The van der Waals surface area contributed by atoms with Crippen LogP contribution in [-0.2, 0) is 0 Å². The van der Waals surface area contributed by atoms with E-state index in [-0.39, 0.29) is 0 Å². The van der Waals surface area contributed by atoms with Crippen molar-refractivity contribution in [3.63, 3.8) is 0 Å². The van der Waals surface area contributed by atoms with E-state index >= 15 is 0 Å². The number of aromatic nitrogens is 1.